The van der Waals surface area contributed by atoms with Crippen LogP contribution in [0, 0.1) is 23.7 Å². The van der Waals surface area contributed by atoms with Gasteiger partial charge < -0.3 is 33.8 Å². The number of phosphoric ester groups is 2. The fourth-order valence-corrected chi connectivity index (χ4v) is 14.3. The largest absolute Gasteiger partial charge is 0.472 e. The van der Waals surface area contributed by atoms with Crippen molar-refractivity contribution < 1.29 is 80.2 Å². The van der Waals surface area contributed by atoms with E-state index in [4.69, 9.17) is 37.0 Å². The molecule has 0 aromatic carbocycles. The van der Waals surface area contributed by atoms with Gasteiger partial charge in [0, 0.05) is 25.7 Å². The first-order chi connectivity index (χ1) is 49.2. The van der Waals surface area contributed by atoms with Crippen LogP contribution in [0.5, 0.6) is 0 Å². The highest BCUT2D eigenvalue weighted by Crippen LogP contribution is 2.45. The molecule has 0 heterocycles. The van der Waals surface area contributed by atoms with Crippen molar-refractivity contribution in [3.8, 4) is 0 Å². The average molecular weight is 1490 g/mol. The van der Waals surface area contributed by atoms with Crippen molar-refractivity contribution in [3.05, 3.63) is 0 Å². The van der Waals surface area contributed by atoms with Gasteiger partial charge in [0.2, 0.25) is 0 Å². The zero-order valence-corrected chi connectivity index (χ0v) is 69.0. The molecule has 3 N–H and O–H groups in total. The standard InChI is InChI=1S/C83H162O17P2/c1-9-75(7)61-53-45-36-30-24-20-17-18-22-26-33-39-49-57-65-82(87)99-78(69-93-80(85)63-55-47-38-32-25-21-16-14-12-11-13-15-19-23-29-35-43-51-59-73(3)4)71-97-101(89,90)95-67-77(84)68-96-102(91,92)98-72-79(70-94-81(86)64-56-48-42-41-44-52-60-74(5)6)100-83(88)66-58-50-40-34-28-27-31-37-46-54-62-76(8)10-2/h73-79,84H,9-72H2,1-8H3,(H,89,90)(H,91,92)/t75?,76?,77-,78-,79-/m1/s1. The van der Waals surface area contributed by atoms with Crippen LogP contribution in [-0.4, -0.2) is 96.7 Å². The van der Waals surface area contributed by atoms with E-state index in [-0.39, 0.29) is 25.7 Å². The third-order valence-corrected chi connectivity index (χ3v) is 21.9. The lowest BCUT2D eigenvalue weighted by atomic mass is 9.99. The summed E-state index contributed by atoms with van der Waals surface area (Å²) in [6.07, 6.45) is 59.8. The van der Waals surface area contributed by atoms with E-state index < -0.39 is 97.5 Å². The summed E-state index contributed by atoms with van der Waals surface area (Å²) in [4.78, 5) is 73.0. The Morgan fingerprint density at radius 1 is 0.275 bits per heavy atom. The van der Waals surface area contributed by atoms with Crippen LogP contribution < -0.4 is 0 Å². The topological polar surface area (TPSA) is 237 Å². The summed E-state index contributed by atoms with van der Waals surface area (Å²) >= 11 is 0. The first-order valence-corrected chi connectivity index (χ1v) is 45.8. The molecule has 0 radical (unpaired) electrons. The van der Waals surface area contributed by atoms with Gasteiger partial charge in [-0.15, -0.1) is 0 Å². The van der Waals surface area contributed by atoms with Crippen LogP contribution in [0.2, 0.25) is 0 Å². The minimum Gasteiger partial charge on any atom is -0.462 e. The third-order valence-electron chi connectivity index (χ3n) is 20.0. The zero-order chi connectivity index (χ0) is 75.3. The maximum atomic E-state index is 13.1. The molecule has 0 amide bonds. The zero-order valence-electron chi connectivity index (χ0n) is 67.2. The summed E-state index contributed by atoms with van der Waals surface area (Å²) in [5, 5.41) is 10.6. The van der Waals surface area contributed by atoms with Gasteiger partial charge in [0.25, 0.3) is 0 Å². The number of unbranched alkanes of at least 4 members (excludes halogenated alkanes) is 44. The summed E-state index contributed by atoms with van der Waals surface area (Å²) in [6.45, 7) is 14.3. The molecule has 606 valence electrons. The Balaban J connectivity index is 5.21. The quantitative estimate of drug-likeness (QED) is 0.0222. The molecule has 17 nitrogen and oxygen atoms in total. The van der Waals surface area contributed by atoms with Gasteiger partial charge in [-0.25, -0.2) is 9.13 Å². The normalized spacial score (nSPS) is 14.5. The van der Waals surface area contributed by atoms with E-state index >= 15 is 0 Å². The van der Waals surface area contributed by atoms with Gasteiger partial charge >= 0.3 is 39.5 Å². The number of carbonyl (C=O) groups excluding carboxylic acids is 4. The minimum absolute atomic E-state index is 0.105. The van der Waals surface area contributed by atoms with Crippen molar-refractivity contribution in [2.75, 3.05) is 39.6 Å². The first-order valence-electron chi connectivity index (χ1n) is 42.8. The Morgan fingerprint density at radius 3 is 0.696 bits per heavy atom. The van der Waals surface area contributed by atoms with Gasteiger partial charge in [-0.2, -0.15) is 0 Å². The Hall–Kier alpha value is -1.94. The molecule has 0 aromatic rings. The summed E-state index contributed by atoms with van der Waals surface area (Å²) < 4.78 is 68.7. The van der Waals surface area contributed by atoms with Gasteiger partial charge in [-0.1, -0.05) is 376 Å². The molecule has 0 saturated heterocycles. The number of phosphoric acid groups is 2. The molecule has 0 saturated carbocycles. The Bertz CT molecular complexity index is 1990. The summed E-state index contributed by atoms with van der Waals surface area (Å²) in [5.41, 5.74) is 0. The Morgan fingerprint density at radius 2 is 0.471 bits per heavy atom. The molecule has 7 atom stereocenters. The van der Waals surface area contributed by atoms with Crippen molar-refractivity contribution in [2.45, 2.75) is 446 Å². The molecule has 0 aromatic heterocycles. The highest BCUT2D eigenvalue weighted by atomic mass is 31.2. The number of aliphatic hydroxyl groups is 1. The van der Waals surface area contributed by atoms with Gasteiger partial charge in [0.1, 0.15) is 19.3 Å². The lowest BCUT2D eigenvalue weighted by molar-refractivity contribution is -0.161. The van der Waals surface area contributed by atoms with Gasteiger partial charge in [-0.3, -0.25) is 37.3 Å². The molecule has 0 spiro atoms. The third kappa shape index (κ3) is 73.6. The molecule has 19 heteroatoms. The predicted octanol–water partition coefficient (Wildman–Crippen LogP) is 24.8. The molecule has 0 aliphatic carbocycles. The van der Waals surface area contributed by atoms with E-state index in [1.165, 1.54) is 225 Å². The maximum Gasteiger partial charge on any atom is 0.472 e. The van der Waals surface area contributed by atoms with E-state index in [1.807, 2.05) is 0 Å². The second kappa shape index (κ2) is 72.0. The number of hydrogen-bond donors (Lipinski definition) is 3. The van der Waals surface area contributed by atoms with E-state index in [9.17, 15) is 43.2 Å². The van der Waals surface area contributed by atoms with Crippen molar-refractivity contribution in [1.29, 1.82) is 0 Å². The number of hydrogen-bond acceptors (Lipinski definition) is 15. The fourth-order valence-electron chi connectivity index (χ4n) is 12.7. The molecule has 0 aliphatic rings. The van der Waals surface area contributed by atoms with Crippen molar-refractivity contribution >= 4 is 39.5 Å². The monoisotopic (exact) mass is 1490 g/mol. The SMILES string of the molecule is CCC(C)CCCCCCCCCCCCCCCCC(=O)O[C@H](COC(=O)CCCCCCCCCCCCCCCCCCCCC(C)C)COP(=O)(O)OC[C@@H](O)COP(=O)(O)OC[C@@H](COC(=O)CCCCCCCCC(C)C)OC(=O)CCCCCCCCCCCCC(C)CC. The fraction of sp³-hybridized carbons (Fsp3) is 0.952. The highest BCUT2D eigenvalue weighted by molar-refractivity contribution is 7.47. The summed E-state index contributed by atoms with van der Waals surface area (Å²) in [7, 11) is -9.92. The van der Waals surface area contributed by atoms with E-state index in [0.717, 1.165) is 114 Å². The van der Waals surface area contributed by atoms with Crippen LogP contribution in [0.15, 0.2) is 0 Å². The van der Waals surface area contributed by atoms with E-state index in [2.05, 4.69) is 55.4 Å². The Kier molecular flexibility index (Phi) is 70.6. The van der Waals surface area contributed by atoms with Gasteiger partial charge in [0.15, 0.2) is 12.2 Å². The molecular weight excluding hydrogens is 1330 g/mol. The second-order valence-electron chi connectivity index (χ2n) is 31.3. The average Bonchev–Trinajstić information content (AvgIpc) is 0.917. The lowest BCUT2D eigenvalue weighted by Gasteiger charge is -2.21. The van der Waals surface area contributed by atoms with Crippen LogP contribution >= 0.6 is 15.6 Å². The number of carbonyl (C=O) groups is 4. The minimum atomic E-state index is -4.96. The van der Waals surface area contributed by atoms with Crippen LogP contribution in [0.4, 0.5) is 0 Å². The summed E-state index contributed by atoms with van der Waals surface area (Å²) in [5.74, 6) is 1.04. The van der Waals surface area contributed by atoms with E-state index in [0.29, 0.717) is 31.6 Å². The number of rotatable bonds is 80. The lowest BCUT2D eigenvalue weighted by Crippen LogP contribution is -2.30. The van der Waals surface area contributed by atoms with Crippen LogP contribution in [0.25, 0.3) is 0 Å². The smallest absolute Gasteiger partial charge is 0.462 e. The number of ether oxygens (including phenoxy) is 4. The Labute approximate surface area is 626 Å². The molecule has 0 rings (SSSR count). The van der Waals surface area contributed by atoms with Crippen LogP contribution in [-0.2, 0) is 65.4 Å². The van der Waals surface area contributed by atoms with E-state index in [1.54, 1.807) is 0 Å². The molecule has 4 unspecified atom stereocenters. The van der Waals surface area contributed by atoms with Gasteiger partial charge in [0.05, 0.1) is 26.4 Å². The van der Waals surface area contributed by atoms with Crippen LogP contribution in [0.3, 0.4) is 0 Å². The second-order valence-corrected chi connectivity index (χ2v) is 34.2. The predicted molar refractivity (Wildman–Crippen MR) is 418 cm³/mol. The maximum absolute atomic E-state index is 13.1. The van der Waals surface area contributed by atoms with Crippen molar-refractivity contribution in [2.24, 2.45) is 23.7 Å². The highest BCUT2D eigenvalue weighted by Gasteiger charge is 2.30. The summed E-state index contributed by atoms with van der Waals surface area (Å²) in [6, 6.07) is 0. The molecule has 0 aliphatic heterocycles. The number of esters is 4. The first kappa shape index (κ1) is 100. The van der Waals surface area contributed by atoms with Crippen molar-refractivity contribution in [1.82, 2.24) is 0 Å². The van der Waals surface area contributed by atoms with Crippen molar-refractivity contribution in [3.63, 3.8) is 0 Å². The number of aliphatic hydroxyl groups excluding tert-OH is 1. The molecular formula is C83H162O17P2. The molecule has 0 fully saturated rings. The molecule has 0 bridgehead atoms. The van der Waals surface area contributed by atoms with Gasteiger partial charge in [-0.05, 0) is 49.4 Å². The van der Waals surface area contributed by atoms with Crippen LogP contribution in [0.1, 0.15) is 428 Å². The molecule has 102 heavy (non-hydrogen) atoms.